The summed E-state index contributed by atoms with van der Waals surface area (Å²) in [7, 11) is 1.72. The number of carbonyl (C=O) groups is 1. The fraction of sp³-hybridized carbons (Fsp3) is 0.667. The summed E-state index contributed by atoms with van der Waals surface area (Å²) in [5, 5.41) is 2.91. The number of amides is 1. The molecule has 0 aromatic heterocycles. The van der Waals surface area contributed by atoms with Crippen LogP contribution < -0.4 is 10.1 Å². The van der Waals surface area contributed by atoms with Gasteiger partial charge in [-0.05, 0) is 83.2 Å². The summed E-state index contributed by atoms with van der Waals surface area (Å²) in [5.74, 6) is 1.41. The molecule has 0 saturated carbocycles. The van der Waals surface area contributed by atoms with Gasteiger partial charge in [0, 0.05) is 19.1 Å². The van der Waals surface area contributed by atoms with Crippen LogP contribution in [0.15, 0.2) is 12.1 Å². The zero-order valence-electron chi connectivity index (χ0n) is 17.3. The highest BCUT2D eigenvalue weighted by molar-refractivity contribution is 5.67. The highest BCUT2D eigenvalue weighted by atomic mass is 16.6. The van der Waals surface area contributed by atoms with Crippen LogP contribution in [0.25, 0.3) is 0 Å². The van der Waals surface area contributed by atoms with Gasteiger partial charge in [0.1, 0.15) is 11.4 Å². The van der Waals surface area contributed by atoms with Crippen molar-refractivity contribution >= 4 is 6.09 Å². The van der Waals surface area contributed by atoms with Crippen molar-refractivity contribution in [2.24, 2.45) is 5.92 Å². The van der Waals surface area contributed by atoms with E-state index in [0.717, 1.165) is 25.3 Å². The molecule has 1 aromatic carbocycles. The third-order valence-electron chi connectivity index (χ3n) is 5.25. The van der Waals surface area contributed by atoms with Gasteiger partial charge in [-0.3, -0.25) is 4.90 Å². The molecule has 5 nitrogen and oxygen atoms in total. The lowest BCUT2D eigenvalue weighted by Gasteiger charge is -2.27. The molecule has 2 rings (SSSR count). The fourth-order valence-corrected chi connectivity index (χ4v) is 3.61. The molecule has 1 aliphatic heterocycles. The predicted octanol–water partition coefficient (Wildman–Crippen LogP) is 4.22. The Bertz CT molecular complexity index is 637. The Morgan fingerprint density at radius 1 is 1.31 bits per heavy atom. The Labute approximate surface area is 158 Å². The molecule has 1 fully saturated rings. The lowest BCUT2D eigenvalue weighted by molar-refractivity contribution is 0.0519. The second-order valence-electron chi connectivity index (χ2n) is 8.32. The summed E-state index contributed by atoms with van der Waals surface area (Å²) >= 11 is 0. The average Bonchev–Trinajstić information content (AvgIpc) is 3.02. The van der Waals surface area contributed by atoms with Crippen LogP contribution in [0.4, 0.5) is 4.79 Å². The van der Waals surface area contributed by atoms with Crippen LogP contribution in [-0.4, -0.2) is 43.3 Å². The van der Waals surface area contributed by atoms with E-state index in [9.17, 15) is 4.79 Å². The molecule has 0 radical (unpaired) electrons. The Kier molecular flexibility index (Phi) is 6.56. The van der Waals surface area contributed by atoms with E-state index in [2.05, 4.69) is 43.1 Å². The number of likely N-dealkylation sites (tertiary alicyclic amines) is 1. The maximum absolute atomic E-state index is 11.8. The van der Waals surface area contributed by atoms with Crippen LogP contribution in [-0.2, 0) is 4.74 Å². The maximum Gasteiger partial charge on any atom is 0.407 e. The van der Waals surface area contributed by atoms with E-state index in [1.54, 1.807) is 7.11 Å². The summed E-state index contributed by atoms with van der Waals surface area (Å²) in [5.41, 5.74) is 3.40. The van der Waals surface area contributed by atoms with E-state index in [1.807, 2.05) is 20.8 Å². The Morgan fingerprint density at radius 3 is 2.62 bits per heavy atom. The normalized spacial score (nSPS) is 19.3. The Morgan fingerprint density at radius 2 is 2.00 bits per heavy atom. The number of ether oxygens (including phenoxy) is 2. The number of nitrogens with one attached hydrogen (secondary N) is 1. The smallest absolute Gasteiger partial charge is 0.407 e. The van der Waals surface area contributed by atoms with E-state index >= 15 is 0 Å². The molecular formula is C21H34N2O3. The Hall–Kier alpha value is -1.75. The van der Waals surface area contributed by atoms with Crippen LogP contribution >= 0.6 is 0 Å². The first kappa shape index (κ1) is 20.6. The monoisotopic (exact) mass is 362 g/mol. The molecule has 146 valence electrons. The quantitative estimate of drug-likeness (QED) is 0.852. The number of carbonyl (C=O) groups excluding carboxylic acids is 1. The van der Waals surface area contributed by atoms with Crippen LogP contribution in [0.3, 0.4) is 0 Å². The summed E-state index contributed by atoms with van der Waals surface area (Å²) < 4.78 is 10.7. The fourth-order valence-electron chi connectivity index (χ4n) is 3.61. The zero-order valence-corrected chi connectivity index (χ0v) is 17.3. The van der Waals surface area contributed by atoms with Crippen molar-refractivity contribution in [2.45, 2.75) is 59.6 Å². The number of nitrogens with zero attached hydrogens (tertiary/aromatic N) is 1. The first-order chi connectivity index (χ1) is 12.1. The van der Waals surface area contributed by atoms with E-state index in [-0.39, 0.29) is 6.09 Å². The lowest BCUT2D eigenvalue weighted by Crippen LogP contribution is -2.36. The largest absolute Gasteiger partial charge is 0.496 e. The molecular weight excluding hydrogens is 328 g/mol. The Balaban J connectivity index is 1.92. The number of methoxy groups -OCH3 is 1. The van der Waals surface area contributed by atoms with Gasteiger partial charge in [0.25, 0.3) is 0 Å². The number of hydrogen-bond acceptors (Lipinski definition) is 4. The minimum Gasteiger partial charge on any atom is -0.496 e. The van der Waals surface area contributed by atoms with Crippen LogP contribution in [0.5, 0.6) is 5.75 Å². The van der Waals surface area contributed by atoms with E-state index in [1.165, 1.54) is 16.7 Å². The first-order valence-electron chi connectivity index (χ1n) is 9.47. The lowest BCUT2D eigenvalue weighted by atomic mass is 9.97. The molecule has 0 spiro atoms. The van der Waals surface area contributed by atoms with Gasteiger partial charge >= 0.3 is 6.09 Å². The van der Waals surface area contributed by atoms with Crippen LogP contribution in [0, 0.1) is 19.8 Å². The van der Waals surface area contributed by atoms with E-state index < -0.39 is 5.60 Å². The third kappa shape index (κ3) is 5.13. The van der Waals surface area contributed by atoms with Gasteiger partial charge in [0.2, 0.25) is 0 Å². The van der Waals surface area contributed by atoms with Gasteiger partial charge in [-0.25, -0.2) is 4.79 Å². The number of hydrogen-bond donors (Lipinski definition) is 1. The molecule has 1 heterocycles. The molecule has 1 saturated heterocycles. The SMILES string of the molecule is COc1ccc([C@H](C)N2CC[C@@H](CNC(=O)OC(C)(C)C)C2)c(C)c1C. The summed E-state index contributed by atoms with van der Waals surface area (Å²) in [6, 6.07) is 4.59. The van der Waals surface area contributed by atoms with Crippen molar-refractivity contribution in [1.29, 1.82) is 0 Å². The zero-order chi connectivity index (χ0) is 19.5. The van der Waals surface area contributed by atoms with E-state index in [4.69, 9.17) is 9.47 Å². The summed E-state index contributed by atoms with van der Waals surface area (Å²) in [6.07, 6.45) is 0.763. The van der Waals surface area contributed by atoms with Crippen molar-refractivity contribution in [3.8, 4) is 5.75 Å². The number of alkyl carbamates (subject to hydrolysis) is 1. The molecule has 2 atom stereocenters. The van der Waals surface area contributed by atoms with E-state index in [0.29, 0.717) is 18.5 Å². The summed E-state index contributed by atoms with van der Waals surface area (Å²) in [6.45, 7) is 14.9. The molecule has 1 N–H and O–H groups in total. The third-order valence-corrected chi connectivity index (χ3v) is 5.25. The second kappa shape index (κ2) is 8.30. The van der Waals surface area contributed by atoms with Crippen LogP contribution in [0.1, 0.15) is 56.8 Å². The molecule has 0 aliphatic carbocycles. The predicted molar refractivity (Wildman–Crippen MR) is 105 cm³/mol. The minimum atomic E-state index is -0.454. The van der Waals surface area contributed by atoms with Crippen LogP contribution in [0.2, 0.25) is 0 Å². The highest BCUT2D eigenvalue weighted by Crippen LogP contribution is 2.33. The molecule has 5 heteroatoms. The van der Waals surface area contributed by atoms with Crippen molar-refractivity contribution in [3.05, 3.63) is 28.8 Å². The molecule has 1 amide bonds. The topological polar surface area (TPSA) is 50.8 Å². The van der Waals surface area contributed by atoms with Crippen molar-refractivity contribution in [3.63, 3.8) is 0 Å². The molecule has 1 aliphatic rings. The van der Waals surface area contributed by atoms with Gasteiger partial charge in [-0.1, -0.05) is 6.07 Å². The minimum absolute atomic E-state index is 0.328. The van der Waals surface area contributed by atoms with Crippen molar-refractivity contribution in [1.82, 2.24) is 10.2 Å². The van der Waals surface area contributed by atoms with Gasteiger partial charge in [-0.2, -0.15) is 0 Å². The second-order valence-corrected chi connectivity index (χ2v) is 8.32. The molecule has 1 aromatic rings. The van der Waals surface area contributed by atoms with Gasteiger partial charge in [0.15, 0.2) is 0 Å². The molecule has 0 unspecified atom stereocenters. The standard InChI is InChI=1S/C21H34N2O3/c1-14-15(2)19(25-7)9-8-18(14)16(3)23-11-10-17(13-23)12-22-20(24)26-21(4,5)6/h8-9,16-17H,10-13H2,1-7H3,(H,22,24)/t16-,17-/m0/s1. The number of rotatable bonds is 5. The molecule has 0 bridgehead atoms. The van der Waals surface area contributed by atoms with Crippen molar-refractivity contribution in [2.75, 3.05) is 26.7 Å². The first-order valence-corrected chi connectivity index (χ1v) is 9.47. The number of benzene rings is 1. The van der Waals surface area contributed by atoms with Gasteiger partial charge in [0.05, 0.1) is 7.11 Å². The highest BCUT2D eigenvalue weighted by Gasteiger charge is 2.28. The molecule has 26 heavy (non-hydrogen) atoms. The average molecular weight is 363 g/mol. The van der Waals surface area contributed by atoms with Gasteiger partial charge in [-0.15, -0.1) is 0 Å². The van der Waals surface area contributed by atoms with Crippen molar-refractivity contribution < 1.29 is 14.3 Å². The maximum atomic E-state index is 11.8. The summed E-state index contributed by atoms with van der Waals surface area (Å²) in [4.78, 5) is 14.3. The van der Waals surface area contributed by atoms with Gasteiger partial charge < -0.3 is 14.8 Å².